The fraction of sp³-hybridized carbons (Fsp3) is 0.227. The number of hydrogen-bond acceptors (Lipinski definition) is 3. The van der Waals surface area contributed by atoms with Gasteiger partial charge in [0, 0.05) is 17.4 Å². The van der Waals surface area contributed by atoms with E-state index in [4.69, 9.17) is 11.6 Å². The number of benzene rings is 2. The summed E-state index contributed by atoms with van der Waals surface area (Å²) < 4.78 is 0. The van der Waals surface area contributed by atoms with E-state index >= 15 is 0 Å². The van der Waals surface area contributed by atoms with Crippen LogP contribution < -0.4 is 5.32 Å². The van der Waals surface area contributed by atoms with Crippen LogP contribution in [0.25, 0.3) is 0 Å². The largest absolute Gasteiger partial charge is 0.322 e. The molecule has 0 unspecified atom stereocenters. The van der Waals surface area contributed by atoms with Gasteiger partial charge in [0.2, 0.25) is 0 Å². The molecule has 0 aliphatic carbocycles. The van der Waals surface area contributed by atoms with Gasteiger partial charge in [-0.2, -0.15) is 0 Å². The molecule has 0 radical (unpaired) electrons. The number of aromatic nitrogens is 2. The molecule has 0 saturated carbocycles. The predicted octanol–water partition coefficient (Wildman–Crippen LogP) is 5.43. The molecule has 0 aliphatic rings. The van der Waals surface area contributed by atoms with Gasteiger partial charge in [-0.1, -0.05) is 48.4 Å². The Bertz CT molecular complexity index is 942. The molecule has 0 bridgehead atoms. The van der Waals surface area contributed by atoms with Crippen molar-refractivity contribution in [3.8, 4) is 0 Å². The van der Waals surface area contributed by atoms with Crippen LogP contribution in [-0.4, -0.2) is 15.9 Å². The first kappa shape index (κ1) is 19.1. The smallest absolute Gasteiger partial charge is 0.255 e. The van der Waals surface area contributed by atoms with E-state index in [0.717, 1.165) is 35.3 Å². The maximum atomic E-state index is 12.5. The van der Waals surface area contributed by atoms with Crippen molar-refractivity contribution in [1.82, 2.24) is 9.97 Å². The van der Waals surface area contributed by atoms with Crippen molar-refractivity contribution >= 4 is 23.2 Å². The molecule has 3 rings (SSSR count). The standard InChI is InChI=1S/C22H22ClN3O/c1-3-16(11-20-13-24-14-21(23)25-20)17-7-5-9-19(12-17)26-22(27)18-8-4-6-15(2)10-18/h4-10,12-14,16H,3,11H2,1-2H3,(H,26,27)/t16-/m1/s1. The number of carbonyl (C=O) groups is 1. The summed E-state index contributed by atoms with van der Waals surface area (Å²) in [5.41, 5.74) is 4.52. The van der Waals surface area contributed by atoms with Gasteiger partial charge in [0.05, 0.1) is 11.9 Å². The highest BCUT2D eigenvalue weighted by Crippen LogP contribution is 2.26. The van der Waals surface area contributed by atoms with Crippen molar-refractivity contribution in [3.63, 3.8) is 0 Å². The van der Waals surface area contributed by atoms with Gasteiger partial charge in [-0.25, -0.2) is 4.98 Å². The SMILES string of the molecule is CC[C@H](Cc1cncc(Cl)n1)c1cccc(NC(=O)c2cccc(C)c2)c1. The highest BCUT2D eigenvalue weighted by molar-refractivity contribution is 6.29. The lowest BCUT2D eigenvalue weighted by atomic mass is 9.91. The van der Waals surface area contributed by atoms with Crippen LogP contribution in [0.1, 0.15) is 46.4 Å². The monoisotopic (exact) mass is 379 g/mol. The van der Waals surface area contributed by atoms with Crippen molar-refractivity contribution < 1.29 is 4.79 Å². The molecule has 0 fully saturated rings. The molecule has 0 spiro atoms. The maximum Gasteiger partial charge on any atom is 0.255 e. The molecular formula is C22H22ClN3O. The molecule has 1 aromatic heterocycles. The first-order valence-electron chi connectivity index (χ1n) is 8.99. The average molecular weight is 380 g/mol. The second kappa shape index (κ2) is 8.78. The molecule has 1 amide bonds. The number of aryl methyl sites for hydroxylation is 1. The summed E-state index contributed by atoms with van der Waals surface area (Å²) in [6.45, 7) is 4.11. The van der Waals surface area contributed by atoms with Crippen LogP contribution in [0, 0.1) is 6.92 Å². The third-order valence-electron chi connectivity index (χ3n) is 4.50. The fourth-order valence-electron chi connectivity index (χ4n) is 3.09. The van der Waals surface area contributed by atoms with Crippen LogP contribution in [0.4, 0.5) is 5.69 Å². The van der Waals surface area contributed by atoms with Crippen molar-refractivity contribution in [2.75, 3.05) is 5.32 Å². The zero-order valence-corrected chi connectivity index (χ0v) is 16.2. The minimum Gasteiger partial charge on any atom is -0.322 e. The topological polar surface area (TPSA) is 54.9 Å². The van der Waals surface area contributed by atoms with E-state index in [1.54, 1.807) is 6.20 Å². The second-order valence-electron chi connectivity index (χ2n) is 6.59. The van der Waals surface area contributed by atoms with E-state index < -0.39 is 0 Å². The van der Waals surface area contributed by atoms with E-state index in [9.17, 15) is 4.79 Å². The van der Waals surface area contributed by atoms with Crippen molar-refractivity contribution in [2.24, 2.45) is 0 Å². The van der Waals surface area contributed by atoms with Crippen LogP contribution >= 0.6 is 11.6 Å². The number of carbonyl (C=O) groups excluding carboxylic acids is 1. The lowest BCUT2D eigenvalue weighted by molar-refractivity contribution is 0.102. The lowest BCUT2D eigenvalue weighted by Gasteiger charge is -2.16. The van der Waals surface area contributed by atoms with Gasteiger partial charge in [-0.15, -0.1) is 0 Å². The van der Waals surface area contributed by atoms with Gasteiger partial charge in [0.1, 0.15) is 5.15 Å². The highest BCUT2D eigenvalue weighted by Gasteiger charge is 2.13. The van der Waals surface area contributed by atoms with Crippen molar-refractivity contribution in [2.45, 2.75) is 32.6 Å². The third kappa shape index (κ3) is 5.14. The number of amides is 1. The Hall–Kier alpha value is -2.72. The molecule has 1 N–H and O–H groups in total. The number of nitrogens with one attached hydrogen (secondary N) is 1. The van der Waals surface area contributed by atoms with Crippen LogP contribution in [0.3, 0.4) is 0 Å². The Morgan fingerprint density at radius 1 is 1.15 bits per heavy atom. The zero-order valence-electron chi connectivity index (χ0n) is 15.4. The summed E-state index contributed by atoms with van der Waals surface area (Å²) in [5.74, 6) is 0.165. The van der Waals surface area contributed by atoms with Gasteiger partial charge >= 0.3 is 0 Å². The molecule has 0 aliphatic heterocycles. The molecule has 3 aromatic rings. The van der Waals surface area contributed by atoms with Crippen LogP contribution in [0.5, 0.6) is 0 Å². The molecular weight excluding hydrogens is 358 g/mol. The number of hydrogen-bond donors (Lipinski definition) is 1. The Morgan fingerprint density at radius 2 is 1.96 bits per heavy atom. The minimum absolute atomic E-state index is 0.107. The molecule has 0 saturated heterocycles. The van der Waals surface area contributed by atoms with Crippen molar-refractivity contribution in [1.29, 1.82) is 0 Å². The normalized spacial score (nSPS) is 11.8. The Morgan fingerprint density at radius 3 is 2.70 bits per heavy atom. The van der Waals surface area contributed by atoms with Gasteiger partial charge in [-0.05, 0) is 55.5 Å². The quantitative estimate of drug-likeness (QED) is 0.621. The average Bonchev–Trinajstić information content (AvgIpc) is 2.66. The summed E-state index contributed by atoms with van der Waals surface area (Å²) in [6, 6.07) is 15.5. The van der Waals surface area contributed by atoms with Gasteiger partial charge < -0.3 is 5.32 Å². The maximum absolute atomic E-state index is 12.5. The molecule has 2 aromatic carbocycles. The Balaban J connectivity index is 1.76. The highest BCUT2D eigenvalue weighted by atomic mass is 35.5. The minimum atomic E-state index is -0.107. The summed E-state index contributed by atoms with van der Waals surface area (Å²) in [4.78, 5) is 21.0. The first-order valence-corrected chi connectivity index (χ1v) is 9.37. The van der Waals surface area contributed by atoms with Gasteiger partial charge in [-0.3, -0.25) is 9.78 Å². The zero-order chi connectivity index (χ0) is 19.2. The van der Waals surface area contributed by atoms with Gasteiger partial charge in [0.15, 0.2) is 0 Å². The predicted molar refractivity (Wildman–Crippen MR) is 109 cm³/mol. The van der Waals surface area contributed by atoms with Crippen molar-refractivity contribution in [3.05, 3.63) is 88.5 Å². The first-order chi connectivity index (χ1) is 13.0. The summed E-state index contributed by atoms with van der Waals surface area (Å²) in [7, 11) is 0. The van der Waals surface area contributed by atoms with Crippen LogP contribution in [-0.2, 0) is 6.42 Å². The van der Waals surface area contributed by atoms with Crippen LogP contribution in [0.2, 0.25) is 5.15 Å². The molecule has 1 atom stereocenters. The number of halogens is 1. The molecule has 27 heavy (non-hydrogen) atoms. The second-order valence-corrected chi connectivity index (χ2v) is 6.98. The molecule has 138 valence electrons. The molecule has 4 nitrogen and oxygen atoms in total. The fourth-order valence-corrected chi connectivity index (χ4v) is 3.25. The molecule has 5 heteroatoms. The van der Waals surface area contributed by atoms with E-state index in [-0.39, 0.29) is 11.8 Å². The summed E-state index contributed by atoms with van der Waals surface area (Å²) in [6.07, 6.45) is 4.98. The van der Waals surface area contributed by atoms with Gasteiger partial charge in [0.25, 0.3) is 5.91 Å². The summed E-state index contributed by atoms with van der Waals surface area (Å²) >= 11 is 5.95. The van der Waals surface area contributed by atoms with E-state index in [1.807, 2.05) is 49.4 Å². The van der Waals surface area contributed by atoms with E-state index in [2.05, 4.69) is 28.3 Å². The van der Waals surface area contributed by atoms with Crippen LogP contribution in [0.15, 0.2) is 60.9 Å². The Kier molecular flexibility index (Phi) is 6.20. The number of anilines is 1. The van der Waals surface area contributed by atoms with E-state index in [1.165, 1.54) is 6.20 Å². The van der Waals surface area contributed by atoms with E-state index in [0.29, 0.717) is 10.7 Å². The molecule has 1 heterocycles. The Labute approximate surface area is 164 Å². The lowest BCUT2D eigenvalue weighted by Crippen LogP contribution is -2.12. The number of nitrogens with zero attached hydrogens (tertiary/aromatic N) is 2. The third-order valence-corrected chi connectivity index (χ3v) is 4.68. The number of rotatable bonds is 6. The summed E-state index contributed by atoms with van der Waals surface area (Å²) in [5, 5.41) is 3.39.